The first-order chi connectivity index (χ1) is 19.0. The van der Waals surface area contributed by atoms with Gasteiger partial charge in [-0.05, 0) is 54.7 Å². The quantitative estimate of drug-likeness (QED) is 0.325. The Balaban J connectivity index is 1.45. The molecule has 1 aromatic carbocycles. The van der Waals surface area contributed by atoms with Crippen molar-refractivity contribution in [2.75, 3.05) is 23.7 Å². The third kappa shape index (κ3) is 5.70. The molecule has 1 fully saturated rings. The van der Waals surface area contributed by atoms with Crippen molar-refractivity contribution in [1.82, 2.24) is 25.6 Å². The second-order valence-electron chi connectivity index (χ2n) is 10.8. The van der Waals surface area contributed by atoms with Gasteiger partial charge in [0.2, 0.25) is 5.95 Å². The number of nitriles is 1. The topological polar surface area (TPSA) is 128 Å². The summed E-state index contributed by atoms with van der Waals surface area (Å²) < 4.78 is 38.3. The van der Waals surface area contributed by atoms with Gasteiger partial charge in [0, 0.05) is 42.3 Å². The molecule has 1 aliphatic heterocycles. The molecule has 0 bridgehead atoms. The lowest BCUT2D eigenvalue weighted by Crippen LogP contribution is -2.38. The fourth-order valence-electron chi connectivity index (χ4n) is 5.05. The number of aromatic nitrogens is 3. The van der Waals surface area contributed by atoms with Crippen LogP contribution in [-0.2, 0) is 17.4 Å². The Morgan fingerprint density at radius 2 is 1.90 bits per heavy atom. The minimum Gasteiger partial charge on any atom is -0.343 e. The molecule has 1 aliphatic carbocycles. The van der Waals surface area contributed by atoms with E-state index in [1.165, 1.54) is 11.8 Å². The van der Waals surface area contributed by atoms with Gasteiger partial charge in [0.15, 0.2) is 0 Å². The summed E-state index contributed by atoms with van der Waals surface area (Å²) in [5.74, 6) is -0.815. The molecule has 12 heteroatoms. The van der Waals surface area contributed by atoms with Crippen LogP contribution < -0.4 is 21.3 Å². The number of rotatable bonds is 7. The second kappa shape index (κ2) is 10.4. The van der Waals surface area contributed by atoms with Gasteiger partial charge in [0.1, 0.15) is 17.9 Å². The van der Waals surface area contributed by atoms with Crippen molar-refractivity contribution in [3.63, 3.8) is 0 Å². The van der Waals surface area contributed by atoms with E-state index in [1.54, 1.807) is 18.3 Å². The zero-order valence-electron chi connectivity index (χ0n) is 22.1. The summed E-state index contributed by atoms with van der Waals surface area (Å²) >= 11 is 0. The molecule has 0 spiro atoms. The Hall–Kier alpha value is -4.24. The summed E-state index contributed by atoms with van der Waals surface area (Å²) in [5.41, 5.74) is 3.34. The predicted molar refractivity (Wildman–Crippen MR) is 144 cm³/mol. The Bertz CT molecular complexity index is 1480. The van der Waals surface area contributed by atoms with Gasteiger partial charge in [0.25, 0.3) is 5.91 Å². The van der Waals surface area contributed by atoms with E-state index in [2.05, 4.69) is 56.9 Å². The maximum Gasteiger partial charge on any atom is 0.405 e. The molecule has 5 rings (SSSR count). The van der Waals surface area contributed by atoms with Crippen molar-refractivity contribution in [1.29, 1.82) is 5.26 Å². The van der Waals surface area contributed by atoms with Gasteiger partial charge in [-0.25, -0.2) is 4.98 Å². The average Bonchev–Trinajstić information content (AvgIpc) is 2.87. The number of carbonyl (C=O) groups excluding carboxylic acids is 1. The summed E-state index contributed by atoms with van der Waals surface area (Å²) in [6, 6.07) is 11.7. The largest absolute Gasteiger partial charge is 0.405 e. The van der Waals surface area contributed by atoms with E-state index in [9.17, 15) is 23.2 Å². The smallest absolute Gasteiger partial charge is 0.343 e. The number of carbonyl (C=O) groups is 1. The first-order valence-corrected chi connectivity index (χ1v) is 13.0. The van der Waals surface area contributed by atoms with Crippen molar-refractivity contribution in [3.05, 3.63) is 65.1 Å². The molecule has 9 nitrogen and oxygen atoms in total. The van der Waals surface area contributed by atoms with Crippen molar-refractivity contribution >= 4 is 29.0 Å². The number of nitrogens with one attached hydrogen (secondary N) is 4. The number of fused-ring (bicyclic) bond motifs is 1. The SMILES string of the molecule is CC1(C)CNCc2cc(Nc3ncc(C(=O)NCC(F)(F)F)c(Nc4ccnc(C5(C#N)CCC5)c4)n3)ccc21. The predicted octanol–water partition coefficient (Wildman–Crippen LogP) is 4.98. The monoisotopic (exact) mass is 550 g/mol. The molecule has 1 amide bonds. The Morgan fingerprint density at radius 1 is 1.12 bits per heavy atom. The number of hydrogen-bond acceptors (Lipinski definition) is 8. The highest BCUT2D eigenvalue weighted by atomic mass is 19.4. The minimum absolute atomic E-state index is 0.00898. The molecule has 2 aromatic heterocycles. The number of benzene rings is 1. The maximum atomic E-state index is 12.8. The van der Waals surface area contributed by atoms with Crippen LogP contribution >= 0.6 is 0 Å². The lowest BCUT2D eigenvalue weighted by Gasteiger charge is -2.34. The Labute approximate surface area is 229 Å². The van der Waals surface area contributed by atoms with E-state index in [0.717, 1.165) is 30.8 Å². The van der Waals surface area contributed by atoms with Crippen LogP contribution in [0.5, 0.6) is 0 Å². The fourth-order valence-corrected chi connectivity index (χ4v) is 5.05. The number of alkyl halides is 3. The molecule has 0 saturated heterocycles. The van der Waals surface area contributed by atoms with Gasteiger partial charge in [-0.2, -0.15) is 23.4 Å². The molecule has 3 heterocycles. The molecule has 208 valence electrons. The molecule has 40 heavy (non-hydrogen) atoms. The highest BCUT2D eigenvalue weighted by Crippen LogP contribution is 2.43. The molecular formula is C28H29F3N8O. The molecule has 2 aliphatic rings. The van der Waals surface area contributed by atoms with Crippen LogP contribution in [0.15, 0.2) is 42.7 Å². The van der Waals surface area contributed by atoms with Crippen molar-refractivity contribution < 1.29 is 18.0 Å². The lowest BCUT2D eigenvalue weighted by molar-refractivity contribution is -0.123. The van der Waals surface area contributed by atoms with Gasteiger partial charge in [-0.3, -0.25) is 9.78 Å². The third-order valence-electron chi connectivity index (χ3n) is 7.39. The normalized spacial score (nSPS) is 17.1. The number of pyridine rings is 1. The second-order valence-corrected chi connectivity index (χ2v) is 10.8. The van der Waals surface area contributed by atoms with E-state index < -0.39 is 24.0 Å². The maximum absolute atomic E-state index is 12.8. The van der Waals surface area contributed by atoms with E-state index >= 15 is 0 Å². The summed E-state index contributed by atoms with van der Waals surface area (Å²) in [4.78, 5) is 25.7. The Kier molecular flexibility index (Phi) is 7.10. The molecular weight excluding hydrogens is 521 g/mol. The number of hydrogen-bond donors (Lipinski definition) is 4. The molecule has 0 radical (unpaired) electrons. The van der Waals surface area contributed by atoms with Gasteiger partial charge < -0.3 is 21.3 Å². The zero-order valence-corrected chi connectivity index (χ0v) is 22.1. The molecule has 0 unspecified atom stereocenters. The van der Waals surface area contributed by atoms with Crippen molar-refractivity contribution in [3.8, 4) is 6.07 Å². The Morgan fingerprint density at radius 3 is 2.60 bits per heavy atom. The van der Waals surface area contributed by atoms with Gasteiger partial charge in [-0.1, -0.05) is 19.9 Å². The van der Waals surface area contributed by atoms with Crippen LogP contribution in [-0.4, -0.2) is 40.1 Å². The first-order valence-electron chi connectivity index (χ1n) is 13.0. The van der Waals surface area contributed by atoms with Crippen LogP contribution in [0.25, 0.3) is 0 Å². The number of amides is 1. The summed E-state index contributed by atoms with van der Waals surface area (Å²) in [5, 5.41) is 21.2. The van der Waals surface area contributed by atoms with Crippen LogP contribution in [0.2, 0.25) is 0 Å². The van der Waals surface area contributed by atoms with E-state index in [4.69, 9.17) is 0 Å². The molecule has 1 saturated carbocycles. The summed E-state index contributed by atoms with van der Waals surface area (Å²) in [6.45, 7) is 4.43. The van der Waals surface area contributed by atoms with E-state index in [-0.39, 0.29) is 22.7 Å². The highest BCUT2D eigenvalue weighted by molar-refractivity contribution is 5.99. The van der Waals surface area contributed by atoms with Gasteiger partial charge >= 0.3 is 6.18 Å². The van der Waals surface area contributed by atoms with Crippen LogP contribution in [0.1, 0.15) is 60.3 Å². The zero-order chi connectivity index (χ0) is 28.5. The van der Waals surface area contributed by atoms with E-state index in [0.29, 0.717) is 24.2 Å². The number of anilines is 4. The van der Waals surface area contributed by atoms with Gasteiger partial charge in [0.05, 0.1) is 17.2 Å². The number of halogens is 3. The summed E-state index contributed by atoms with van der Waals surface area (Å²) in [6.07, 6.45) is 0.461. The standard InChI is InChI=1S/C28H29F3N8O/c1-26(2)15-33-12-17-10-18(4-5-21(17)26)38-25-35-13-20(24(40)36-16-28(29,30)31)23(39-25)37-19-6-9-34-22(11-19)27(14-32)7-3-8-27/h4-6,9-11,13,33H,3,7-8,12,15-16H2,1-2H3,(H,36,40)(H2,34,35,37,38,39). The van der Waals surface area contributed by atoms with E-state index in [1.807, 2.05) is 17.4 Å². The van der Waals surface area contributed by atoms with Crippen LogP contribution in [0.4, 0.5) is 36.3 Å². The van der Waals surface area contributed by atoms with Crippen LogP contribution in [0, 0.1) is 11.3 Å². The van der Waals surface area contributed by atoms with Crippen molar-refractivity contribution in [2.24, 2.45) is 0 Å². The molecule has 3 aromatic rings. The van der Waals surface area contributed by atoms with Crippen LogP contribution in [0.3, 0.4) is 0 Å². The lowest BCUT2D eigenvalue weighted by atomic mass is 9.67. The van der Waals surface area contributed by atoms with Gasteiger partial charge in [-0.15, -0.1) is 0 Å². The molecule has 0 atom stereocenters. The molecule has 4 N–H and O–H groups in total. The summed E-state index contributed by atoms with van der Waals surface area (Å²) in [7, 11) is 0. The minimum atomic E-state index is -4.57. The average molecular weight is 551 g/mol. The van der Waals surface area contributed by atoms with Crippen molar-refractivity contribution in [2.45, 2.75) is 56.7 Å². The first kappa shape index (κ1) is 27.3. The fraction of sp³-hybridized carbons (Fsp3) is 0.393. The highest BCUT2D eigenvalue weighted by Gasteiger charge is 2.40. The number of nitrogens with zero attached hydrogens (tertiary/aromatic N) is 4. The third-order valence-corrected chi connectivity index (χ3v) is 7.39.